The van der Waals surface area contributed by atoms with Gasteiger partial charge in [-0.3, -0.25) is 0 Å². The van der Waals surface area contributed by atoms with Crippen LogP contribution in [-0.4, -0.2) is 35.0 Å². The number of likely N-dealkylation sites (tertiary alicyclic amines) is 1. The summed E-state index contributed by atoms with van der Waals surface area (Å²) in [6, 6.07) is 8.37. The van der Waals surface area contributed by atoms with E-state index in [0.29, 0.717) is 22.4 Å². The molecule has 1 aliphatic rings. The number of anilines is 3. The Balaban J connectivity index is 1.70. The van der Waals surface area contributed by atoms with Gasteiger partial charge in [0.25, 0.3) is 0 Å². The number of nitrogens with zero attached hydrogens (tertiary/aromatic N) is 3. The average Bonchev–Trinajstić information content (AvgIpc) is 3.03. The van der Waals surface area contributed by atoms with Gasteiger partial charge in [-0.1, -0.05) is 29.5 Å². The Bertz CT molecular complexity index is 1150. The van der Waals surface area contributed by atoms with Crippen LogP contribution in [0.3, 0.4) is 0 Å². The SMILES string of the molecule is CN1CC[C@@](C)(C#Cc2cc3ncnc(Nc4cccc(Cl)c4F)c3cc2N)C1. The van der Waals surface area contributed by atoms with Gasteiger partial charge in [0.2, 0.25) is 0 Å². The van der Waals surface area contributed by atoms with Crippen molar-refractivity contribution in [2.75, 3.05) is 31.2 Å². The minimum atomic E-state index is -0.536. The Morgan fingerprint density at radius 1 is 1.31 bits per heavy atom. The summed E-state index contributed by atoms with van der Waals surface area (Å²) < 4.78 is 14.3. The van der Waals surface area contributed by atoms with Crippen molar-refractivity contribution < 1.29 is 4.39 Å². The molecule has 5 nitrogen and oxygen atoms in total. The summed E-state index contributed by atoms with van der Waals surface area (Å²) in [5, 5.41) is 3.70. The van der Waals surface area contributed by atoms with Crippen molar-refractivity contribution in [2.24, 2.45) is 5.41 Å². The first kappa shape index (κ1) is 19.4. The molecule has 0 radical (unpaired) electrons. The number of nitrogen functional groups attached to an aromatic ring is 1. The fraction of sp³-hybridized carbons (Fsp3) is 0.273. The third-order valence-corrected chi connectivity index (χ3v) is 5.47. The van der Waals surface area contributed by atoms with Crippen LogP contribution < -0.4 is 11.1 Å². The molecular weight excluding hydrogens is 389 g/mol. The maximum Gasteiger partial charge on any atom is 0.165 e. The van der Waals surface area contributed by atoms with E-state index in [2.05, 4.69) is 46.0 Å². The largest absolute Gasteiger partial charge is 0.398 e. The van der Waals surface area contributed by atoms with Crippen molar-refractivity contribution in [1.29, 1.82) is 0 Å². The van der Waals surface area contributed by atoms with Gasteiger partial charge in [-0.2, -0.15) is 0 Å². The summed E-state index contributed by atoms with van der Waals surface area (Å²) in [4.78, 5) is 10.9. The maximum atomic E-state index is 14.3. The molecule has 1 atom stereocenters. The summed E-state index contributed by atoms with van der Waals surface area (Å²) >= 11 is 5.87. The van der Waals surface area contributed by atoms with E-state index in [1.807, 2.05) is 6.07 Å². The number of nitrogens with two attached hydrogens (primary N) is 1. The van der Waals surface area contributed by atoms with E-state index in [-0.39, 0.29) is 16.1 Å². The van der Waals surface area contributed by atoms with Crippen LogP contribution in [0, 0.1) is 23.1 Å². The number of fused-ring (bicyclic) bond motifs is 1. The van der Waals surface area contributed by atoms with Crippen LogP contribution in [0.25, 0.3) is 10.9 Å². The lowest BCUT2D eigenvalue weighted by molar-refractivity contribution is 0.373. The zero-order chi connectivity index (χ0) is 20.6. The Kier molecular flexibility index (Phi) is 5.03. The Morgan fingerprint density at radius 2 is 2.14 bits per heavy atom. The van der Waals surface area contributed by atoms with Crippen LogP contribution in [0.1, 0.15) is 18.9 Å². The highest BCUT2D eigenvalue weighted by atomic mass is 35.5. The number of rotatable bonds is 2. The molecule has 4 rings (SSSR count). The monoisotopic (exact) mass is 409 g/mol. The van der Waals surface area contributed by atoms with E-state index in [4.69, 9.17) is 17.3 Å². The van der Waals surface area contributed by atoms with Crippen LogP contribution in [0.4, 0.5) is 21.6 Å². The van der Waals surface area contributed by atoms with E-state index in [9.17, 15) is 4.39 Å². The molecule has 3 N–H and O–H groups in total. The standard InChI is InChI=1S/C22H21ClFN5/c1-22(8-9-29(2)12-22)7-6-14-10-19-15(11-17(14)25)21(27-13-26-19)28-18-5-3-4-16(23)20(18)24/h3-5,10-11,13H,8-9,12,25H2,1-2H3,(H,26,27,28)/t22-/m1/s1. The van der Waals surface area contributed by atoms with Gasteiger partial charge in [0.15, 0.2) is 5.82 Å². The molecule has 1 aliphatic heterocycles. The zero-order valence-corrected chi connectivity index (χ0v) is 17.0. The second kappa shape index (κ2) is 7.51. The van der Waals surface area contributed by atoms with E-state index < -0.39 is 5.82 Å². The van der Waals surface area contributed by atoms with Gasteiger partial charge in [0.1, 0.15) is 12.1 Å². The number of hydrogen-bond acceptors (Lipinski definition) is 5. The second-order valence-corrected chi connectivity index (χ2v) is 8.11. The molecule has 1 saturated heterocycles. The predicted molar refractivity (Wildman–Crippen MR) is 116 cm³/mol. The predicted octanol–water partition coefficient (Wildman–Crippen LogP) is 4.44. The molecule has 2 aromatic carbocycles. The van der Waals surface area contributed by atoms with E-state index >= 15 is 0 Å². The van der Waals surface area contributed by atoms with Crippen LogP contribution >= 0.6 is 11.6 Å². The summed E-state index contributed by atoms with van der Waals surface area (Å²) in [7, 11) is 2.10. The molecule has 1 fully saturated rings. The summed E-state index contributed by atoms with van der Waals surface area (Å²) in [5.41, 5.74) is 8.40. The number of halogens is 2. The van der Waals surface area contributed by atoms with Crippen molar-refractivity contribution in [3.8, 4) is 11.8 Å². The number of nitrogens with one attached hydrogen (secondary N) is 1. The molecule has 0 saturated carbocycles. The van der Waals surface area contributed by atoms with Crippen LogP contribution in [-0.2, 0) is 0 Å². The van der Waals surface area contributed by atoms with Gasteiger partial charge < -0.3 is 16.0 Å². The minimum Gasteiger partial charge on any atom is -0.398 e. The number of hydrogen-bond donors (Lipinski definition) is 2. The molecule has 148 valence electrons. The fourth-order valence-corrected chi connectivity index (χ4v) is 3.74. The lowest BCUT2D eigenvalue weighted by atomic mass is 9.90. The van der Waals surface area contributed by atoms with Gasteiger partial charge in [-0.05, 0) is 51.2 Å². The molecule has 0 bridgehead atoms. The smallest absolute Gasteiger partial charge is 0.165 e. The van der Waals surface area contributed by atoms with Crippen molar-refractivity contribution in [2.45, 2.75) is 13.3 Å². The summed E-state index contributed by atoms with van der Waals surface area (Å²) in [6.07, 6.45) is 2.46. The molecule has 0 spiro atoms. The normalized spacial score (nSPS) is 19.2. The van der Waals surface area contributed by atoms with Gasteiger partial charge in [-0.25, -0.2) is 14.4 Å². The molecule has 3 aromatic rings. The Morgan fingerprint density at radius 3 is 2.90 bits per heavy atom. The summed E-state index contributed by atoms with van der Waals surface area (Å²) in [6.45, 7) is 4.15. The number of aromatic nitrogens is 2. The molecule has 0 amide bonds. The third kappa shape index (κ3) is 3.98. The topological polar surface area (TPSA) is 67.1 Å². The second-order valence-electron chi connectivity index (χ2n) is 7.70. The van der Waals surface area contributed by atoms with Crippen molar-refractivity contribution in [3.05, 3.63) is 53.1 Å². The molecule has 1 aromatic heterocycles. The zero-order valence-electron chi connectivity index (χ0n) is 16.3. The quantitative estimate of drug-likeness (QED) is 0.483. The lowest BCUT2D eigenvalue weighted by Crippen LogP contribution is -2.20. The highest BCUT2D eigenvalue weighted by molar-refractivity contribution is 6.31. The highest BCUT2D eigenvalue weighted by Crippen LogP contribution is 2.31. The average molecular weight is 410 g/mol. The van der Waals surface area contributed by atoms with Crippen LogP contribution in [0.5, 0.6) is 0 Å². The molecule has 29 heavy (non-hydrogen) atoms. The molecule has 7 heteroatoms. The van der Waals surface area contributed by atoms with Gasteiger partial charge >= 0.3 is 0 Å². The van der Waals surface area contributed by atoms with Crippen molar-refractivity contribution >= 4 is 39.7 Å². The first-order valence-electron chi connectivity index (χ1n) is 9.32. The highest BCUT2D eigenvalue weighted by Gasteiger charge is 2.29. The van der Waals surface area contributed by atoms with E-state index in [0.717, 1.165) is 25.1 Å². The summed E-state index contributed by atoms with van der Waals surface area (Å²) in [5.74, 6) is 6.53. The van der Waals surface area contributed by atoms with Crippen LogP contribution in [0.2, 0.25) is 5.02 Å². The fourth-order valence-electron chi connectivity index (χ4n) is 3.57. The van der Waals surface area contributed by atoms with Gasteiger partial charge in [0, 0.05) is 28.6 Å². The lowest BCUT2D eigenvalue weighted by Gasteiger charge is -2.15. The molecule has 0 aliphatic carbocycles. The van der Waals surface area contributed by atoms with Gasteiger partial charge in [-0.15, -0.1) is 0 Å². The minimum absolute atomic E-state index is 0.0384. The first-order chi connectivity index (χ1) is 13.8. The first-order valence-corrected chi connectivity index (χ1v) is 9.69. The molecular formula is C22H21ClFN5. The maximum absolute atomic E-state index is 14.3. The van der Waals surface area contributed by atoms with Gasteiger partial charge in [0.05, 0.1) is 16.2 Å². The van der Waals surface area contributed by atoms with Crippen molar-refractivity contribution in [1.82, 2.24) is 14.9 Å². The van der Waals surface area contributed by atoms with E-state index in [1.54, 1.807) is 18.2 Å². The Labute approximate surface area is 174 Å². The molecule has 0 unspecified atom stereocenters. The third-order valence-electron chi connectivity index (χ3n) is 5.17. The molecule has 2 heterocycles. The van der Waals surface area contributed by atoms with Crippen molar-refractivity contribution in [3.63, 3.8) is 0 Å². The number of benzene rings is 2. The van der Waals surface area contributed by atoms with E-state index in [1.165, 1.54) is 12.4 Å². The van der Waals surface area contributed by atoms with Crippen LogP contribution in [0.15, 0.2) is 36.7 Å². The Hall–Kier alpha value is -2.88.